The number of aryl methyl sites for hydroxylation is 2. The van der Waals surface area contributed by atoms with Crippen LogP contribution in [0.3, 0.4) is 0 Å². The maximum Gasteiger partial charge on any atom is 0.251 e. The van der Waals surface area contributed by atoms with Crippen LogP contribution in [0.25, 0.3) is 0 Å². The fraction of sp³-hybridized carbons (Fsp3) is 0.412. The summed E-state index contributed by atoms with van der Waals surface area (Å²) in [5.41, 5.74) is 4.98. The minimum absolute atomic E-state index is 0.0598. The molecule has 4 heteroatoms. The van der Waals surface area contributed by atoms with Crippen molar-refractivity contribution in [3.63, 3.8) is 0 Å². The Hall–Kier alpha value is -2.10. The zero-order valence-electron chi connectivity index (χ0n) is 13.4. The van der Waals surface area contributed by atoms with Gasteiger partial charge in [-0.1, -0.05) is 32.9 Å². The van der Waals surface area contributed by atoms with Gasteiger partial charge in [0.1, 0.15) is 0 Å². The highest BCUT2D eigenvalue weighted by Gasteiger charge is 2.14. The Kier molecular flexibility index (Phi) is 4.16. The molecule has 1 aromatic heterocycles. The van der Waals surface area contributed by atoms with E-state index < -0.39 is 0 Å². The summed E-state index contributed by atoms with van der Waals surface area (Å²) < 4.78 is 0. The van der Waals surface area contributed by atoms with Gasteiger partial charge in [-0.2, -0.15) is 5.10 Å². The molecule has 112 valence electrons. The maximum absolute atomic E-state index is 12.2. The van der Waals surface area contributed by atoms with Gasteiger partial charge < -0.3 is 5.32 Å². The molecule has 0 aliphatic rings. The topological polar surface area (TPSA) is 57.8 Å². The average molecular weight is 285 g/mol. The lowest BCUT2D eigenvalue weighted by atomic mass is 9.87. The monoisotopic (exact) mass is 285 g/mol. The quantitative estimate of drug-likeness (QED) is 0.909. The summed E-state index contributed by atoms with van der Waals surface area (Å²) in [7, 11) is 0. The minimum atomic E-state index is -0.0598. The second kappa shape index (κ2) is 5.72. The molecule has 4 nitrogen and oxygen atoms in total. The molecule has 2 rings (SSSR count). The Balaban J connectivity index is 2.04. The highest BCUT2D eigenvalue weighted by molar-refractivity contribution is 5.94. The Morgan fingerprint density at radius 3 is 2.29 bits per heavy atom. The van der Waals surface area contributed by atoms with Crippen LogP contribution in [0.15, 0.2) is 24.3 Å². The normalized spacial score (nSPS) is 11.5. The van der Waals surface area contributed by atoms with Crippen LogP contribution in [0.5, 0.6) is 0 Å². The lowest BCUT2D eigenvalue weighted by Crippen LogP contribution is -2.23. The number of carbonyl (C=O) groups is 1. The van der Waals surface area contributed by atoms with Crippen molar-refractivity contribution in [1.82, 2.24) is 15.5 Å². The number of aromatic nitrogens is 2. The molecule has 2 aromatic rings. The Labute approximate surface area is 126 Å². The van der Waals surface area contributed by atoms with Gasteiger partial charge in [0.25, 0.3) is 5.91 Å². The van der Waals surface area contributed by atoms with Crippen LogP contribution >= 0.6 is 0 Å². The molecular weight excluding hydrogens is 262 g/mol. The van der Waals surface area contributed by atoms with Crippen molar-refractivity contribution in [3.05, 3.63) is 52.3 Å². The summed E-state index contributed by atoms with van der Waals surface area (Å²) in [6.07, 6.45) is 0. The van der Waals surface area contributed by atoms with E-state index in [1.807, 2.05) is 38.1 Å². The Morgan fingerprint density at radius 2 is 1.81 bits per heavy atom. The first-order valence-electron chi connectivity index (χ1n) is 7.18. The first kappa shape index (κ1) is 15.3. The van der Waals surface area contributed by atoms with Crippen LogP contribution in [0, 0.1) is 13.8 Å². The van der Waals surface area contributed by atoms with Crippen molar-refractivity contribution < 1.29 is 4.79 Å². The molecule has 1 heterocycles. The van der Waals surface area contributed by atoms with Gasteiger partial charge in [0, 0.05) is 23.4 Å². The summed E-state index contributed by atoms with van der Waals surface area (Å²) in [6, 6.07) is 7.79. The summed E-state index contributed by atoms with van der Waals surface area (Å²) in [4.78, 5) is 12.2. The third kappa shape index (κ3) is 3.51. The third-order valence-electron chi connectivity index (χ3n) is 3.72. The maximum atomic E-state index is 12.2. The number of carbonyl (C=O) groups excluding carboxylic acids is 1. The standard InChI is InChI=1S/C17H23N3O/c1-11-15(12(2)20-19-11)10-18-16(21)13-6-8-14(9-7-13)17(3,4)5/h6-9H,10H2,1-5H3,(H,18,21)(H,19,20). The van der Waals surface area contributed by atoms with E-state index in [1.54, 1.807) is 0 Å². The summed E-state index contributed by atoms with van der Waals surface area (Å²) in [5.74, 6) is -0.0598. The van der Waals surface area contributed by atoms with Gasteiger partial charge in [0.15, 0.2) is 0 Å². The largest absolute Gasteiger partial charge is 0.348 e. The van der Waals surface area contributed by atoms with Gasteiger partial charge in [-0.25, -0.2) is 0 Å². The van der Waals surface area contributed by atoms with Crippen LogP contribution in [0.2, 0.25) is 0 Å². The van der Waals surface area contributed by atoms with E-state index in [9.17, 15) is 4.79 Å². The van der Waals surface area contributed by atoms with Crippen molar-refractivity contribution in [2.75, 3.05) is 0 Å². The second-order valence-corrected chi connectivity index (χ2v) is 6.42. The highest BCUT2D eigenvalue weighted by atomic mass is 16.1. The van der Waals surface area contributed by atoms with Crippen LogP contribution in [0.4, 0.5) is 0 Å². The number of rotatable bonds is 3. The van der Waals surface area contributed by atoms with Crippen molar-refractivity contribution in [2.24, 2.45) is 0 Å². The predicted molar refractivity (Wildman–Crippen MR) is 84.4 cm³/mol. The fourth-order valence-electron chi connectivity index (χ4n) is 2.23. The SMILES string of the molecule is Cc1n[nH]c(C)c1CNC(=O)c1ccc(C(C)(C)C)cc1. The zero-order chi connectivity index (χ0) is 15.6. The van der Waals surface area contributed by atoms with Crippen LogP contribution in [-0.4, -0.2) is 16.1 Å². The molecule has 0 atom stereocenters. The fourth-order valence-corrected chi connectivity index (χ4v) is 2.23. The van der Waals surface area contributed by atoms with Crippen molar-refractivity contribution in [3.8, 4) is 0 Å². The van der Waals surface area contributed by atoms with Gasteiger partial charge in [0.05, 0.1) is 5.69 Å². The minimum Gasteiger partial charge on any atom is -0.348 e. The van der Waals surface area contributed by atoms with E-state index in [-0.39, 0.29) is 11.3 Å². The lowest BCUT2D eigenvalue weighted by Gasteiger charge is -2.19. The van der Waals surface area contributed by atoms with Crippen molar-refractivity contribution in [2.45, 2.75) is 46.6 Å². The molecule has 0 spiro atoms. The van der Waals surface area contributed by atoms with E-state index in [4.69, 9.17) is 0 Å². The number of nitrogens with zero attached hydrogens (tertiary/aromatic N) is 1. The first-order valence-corrected chi connectivity index (χ1v) is 7.18. The number of H-pyrrole nitrogens is 1. The van der Waals surface area contributed by atoms with Gasteiger partial charge >= 0.3 is 0 Å². The molecule has 0 saturated carbocycles. The number of hydrogen-bond donors (Lipinski definition) is 2. The number of aromatic amines is 1. The molecule has 0 fully saturated rings. The van der Waals surface area contributed by atoms with Gasteiger partial charge in [0.2, 0.25) is 0 Å². The molecule has 21 heavy (non-hydrogen) atoms. The highest BCUT2D eigenvalue weighted by Crippen LogP contribution is 2.22. The van der Waals surface area contributed by atoms with E-state index in [0.717, 1.165) is 17.0 Å². The van der Waals surface area contributed by atoms with E-state index >= 15 is 0 Å². The number of benzene rings is 1. The van der Waals surface area contributed by atoms with E-state index in [2.05, 4.69) is 36.3 Å². The lowest BCUT2D eigenvalue weighted by molar-refractivity contribution is 0.0951. The number of amides is 1. The average Bonchev–Trinajstić information content (AvgIpc) is 2.75. The molecule has 0 unspecified atom stereocenters. The molecule has 0 aliphatic carbocycles. The van der Waals surface area contributed by atoms with Crippen LogP contribution < -0.4 is 5.32 Å². The molecule has 2 N–H and O–H groups in total. The van der Waals surface area contributed by atoms with Crippen LogP contribution in [0.1, 0.15) is 53.6 Å². The Bertz CT molecular complexity index is 614. The van der Waals surface area contributed by atoms with Gasteiger partial charge in [-0.05, 0) is 37.0 Å². The first-order chi connectivity index (χ1) is 9.79. The molecule has 0 bridgehead atoms. The molecule has 1 aromatic carbocycles. The third-order valence-corrected chi connectivity index (χ3v) is 3.72. The molecule has 0 saturated heterocycles. The molecule has 0 aliphatic heterocycles. The summed E-state index contributed by atoms with van der Waals surface area (Å²) >= 11 is 0. The van der Waals surface area contributed by atoms with Crippen molar-refractivity contribution in [1.29, 1.82) is 0 Å². The second-order valence-electron chi connectivity index (χ2n) is 6.42. The van der Waals surface area contributed by atoms with Gasteiger partial charge in [-0.15, -0.1) is 0 Å². The smallest absolute Gasteiger partial charge is 0.251 e. The number of hydrogen-bond acceptors (Lipinski definition) is 2. The zero-order valence-corrected chi connectivity index (χ0v) is 13.4. The van der Waals surface area contributed by atoms with Crippen molar-refractivity contribution >= 4 is 5.91 Å². The van der Waals surface area contributed by atoms with Crippen LogP contribution in [-0.2, 0) is 12.0 Å². The van der Waals surface area contributed by atoms with E-state index in [0.29, 0.717) is 12.1 Å². The summed E-state index contributed by atoms with van der Waals surface area (Å²) in [5, 5.41) is 9.99. The summed E-state index contributed by atoms with van der Waals surface area (Å²) in [6.45, 7) is 10.9. The molecule has 1 amide bonds. The van der Waals surface area contributed by atoms with E-state index in [1.165, 1.54) is 5.56 Å². The number of nitrogens with one attached hydrogen (secondary N) is 2. The Morgan fingerprint density at radius 1 is 1.19 bits per heavy atom. The molecular formula is C17H23N3O. The van der Waals surface area contributed by atoms with Gasteiger partial charge in [-0.3, -0.25) is 9.89 Å². The predicted octanol–water partition coefficient (Wildman–Crippen LogP) is 3.25. The molecule has 0 radical (unpaired) electrons.